The number of likely N-dealkylation sites (tertiary alicyclic amines) is 1. The van der Waals surface area contributed by atoms with Crippen molar-refractivity contribution in [2.24, 2.45) is 0 Å². The van der Waals surface area contributed by atoms with Crippen LogP contribution in [0.1, 0.15) is 41.7 Å². The lowest BCUT2D eigenvalue weighted by Crippen LogP contribution is -2.50. The Balaban J connectivity index is 1.50. The summed E-state index contributed by atoms with van der Waals surface area (Å²) in [6, 6.07) is 9.78. The second kappa shape index (κ2) is 8.86. The molecule has 166 valence electrons. The Morgan fingerprint density at radius 1 is 1.16 bits per heavy atom. The third-order valence-corrected chi connectivity index (χ3v) is 5.71. The maximum atomic E-state index is 13.4. The van der Waals surface area contributed by atoms with Crippen molar-refractivity contribution in [3.8, 4) is 11.4 Å². The summed E-state index contributed by atoms with van der Waals surface area (Å²) >= 11 is 0. The first-order valence-corrected chi connectivity index (χ1v) is 10.4. The highest BCUT2D eigenvalue weighted by molar-refractivity contribution is 5.95. The molecule has 3 heterocycles. The Kier molecular flexibility index (Phi) is 5.98. The van der Waals surface area contributed by atoms with Gasteiger partial charge in [0.2, 0.25) is 11.7 Å². The van der Waals surface area contributed by atoms with Crippen molar-refractivity contribution in [2.45, 2.75) is 32.1 Å². The lowest BCUT2D eigenvalue weighted by atomic mass is 9.75. The van der Waals surface area contributed by atoms with Gasteiger partial charge >= 0.3 is 5.97 Å². The number of ether oxygens (including phenoxy) is 1. The molecule has 0 unspecified atom stereocenters. The molecule has 1 aliphatic heterocycles. The fraction of sp³-hybridized carbons (Fsp3) is 0.348. The molecule has 9 heteroatoms. The van der Waals surface area contributed by atoms with Crippen LogP contribution in [-0.2, 0) is 14.9 Å². The molecule has 0 bridgehead atoms. The number of piperidine rings is 1. The molecule has 1 aromatic carbocycles. The molecule has 0 N–H and O–H groups in total. The van der Waals surface area contributed by atoms with Gasteiger partial charge in [-0.2, -0.15) is 4.98 Å². The molecule has 0 aliphatic carbocycles. The normalized spacial score (nSPS) is 15.4. The molecule has 1 aliphatic rings. The number of esters is 1. The number of aryl methyl sites for hydroxylation is 1. The highest BCUT2D eigenvalue weighted by Crippen LogP contribution is 2.36. The molecule has 1 amide bonds. The Bertz CT molecular complexity index is 1100. The van der Waals surface area contributed by atoms with E-state index in [1.54, 1.807) is 43.0 Å². The van der Waals surface area contributed by atoms with Crippen molar-refractivity contribution in [3.63, 3.8) is 0 Å². The van der Waals surface area contributed by atoms with Gasteiger partial charge in [-0.05, 0) is 44.0 Å². The SMILES string of the molecule is CCOC(=O)C1(c2ccc(F)cn2)CCN(C(=O)c2ccc(-c3noc(C)n3)cc2)CC1. The van der Waals surface area contributed by atoms with Crippen molar-refractivity contribution in [2.75, 3.05) is 19.7 Å². The standard InChI is InChI=1S/C23H23FN4O4/c1-3-31-22(30)23(19-9-8-18(24)14-25-19)10-12-28(13-11-23)21(29)17-6-4-16(5-7-17)20-26-15(2)32-27-20/h4-9,14H,3,10-13H2,1-2H3. The van der Waals surface area contributed by atoms with E-state index >= 15 is 0 Å². The van der Waals surface area contributed by atoms with E-state index in [2.05, 4.69) is 15.1 Å². The van der Waals surface area contributed by atoms with E-state index in [-0.39, 0.29) is 12.5 Å². The lowest BCUT2D eigenvalue weighted by Gasteiger charge is -2.39. The summed E-state index contributed by atoms with van der Waals surface area (Å²) in [6.07, 6.45) is 1.79. The monoisotopic (exact) mass is 438 g/mol. The number of nitrogens with zero attached hydrogens (tertiary/aromatic N) is 4. The number of rotatable bonds is 5. The summed E-state index contributed by atoms with van der Waals surface area (Å²) in [5.74, 6) is -0.0733. The van der Waals surface area contributed by atoms with Gasteiger partial charge in [-0.15, -0.1) is 0 Å². The van der Waals surface area contributed by atoms with Crippen LogP contribution in [0.3, 0.4) is 0 Å². The van der Waals surface area contributed by atoms with E-state index < -0.39 is 17.2 Å². The molecule has 2 aromatic heterocycles. The van der Waals surface area contributed by atoms with Crippen LogP contribution < -0.4 is 0 Å². The largest absolute Gasteiger partial charge is 0.465 e. The molecule has 3 aromatic rings. The van der Waals surface area contributed by atoms with E-state index in [1.807, 2.05) is 0 Å². The highest BCUT2D eigenvalue weighted by atomic mass is 19.1. The van der Waals surface area contributed by atoms with Crippen molar-refractivity contribution in [3.05, 3.63) is 65.6 Å². The molecule has 0 saturated carbocycles. The Morgan fingerprint density at radius 3 is 2.44 bits per heavy atom. The molecule has 0 radical (unpaired) electrons. The third-order valence-electron chi connectivity index (χ3n) is 5.71. The number of hydrogen-bond acceptors (Lipinski definition) is 7. The van der Waals surface area contributed by atoms with E-state index in [0.29, 0.717) is 48.9 Å². The van der Waals surface area contributed by atoms with Crippen LogP contribution in [0.4, 0.5) is 4.39 Å². The lowest BCUT2D eigenvalue weighted by molar-refractivity contribution is -0.152. The quantitative estimate of drug-likeness (QED) is 0.564. The molecule has 0 atom stereocenters. The van der Waals surface area contributed by atoms with Gasteiger partial charge in [0, 0.05) is 31.1 Å². The average Bonchev–Trinajstić information content (AvgIpc) is 3.25. The van der Waals surface area contributed by atoms with Crippen LogP contribution in [0.15, 0.2) is 47.1 Å². The van der Waals surface area contributed by atoms with Crippen molar-refractivity contribution < 1.29 is 23.2 Å². The predicted molar refractivity (Wildman–Crippen MR) is 112 cm³/mol. The Hall–Kier alpha value is -3.62. The maximum Gasteiger partial charge on any atom is 0.318 e. The predicted octanol–water partition coefficient (Wildman–Crippen LogP) is 3.32. The first-order valence-electron chi connectivity index (χ1n) is 10.4. The molecule has 8 nitrogen and oxygen atoms in total. The molecular weight excluding hydrogens is 415 g/mol. The Labute approximate surface area is 184 Å². The summed E-state index contributed by atoms with van der Waals surface area (Å²) in [5.41, 5.74) is 0.739. The van der Waals surface area contributed by atoms with Crippen LogP contribution in [0.2, 0.25) is 0 Å². The molecule has 32 heavy (non-hydrogen) atoms. The zero-order valence-electron chi connectivity index (χ0n) is 17.9. The van der Waals surface area contributed by atoms with Gasteiger partial charge in [-0.1, -0.05) is 17.3 Å². The van der Waals surface area contributed by atoms with Crippen LogP contribution in [0, 0.1) is 12.7 Å². The van der Waals surface area contributed by atoms with Gasteiger partial charge in [-0.25, -0.2) is 4.39 Å². The van der Waals surface area contributed by atoms with Gasteiger partial charge < -0.3 is 14.2 Å². The number of hydrogen-bond donors (Lipinski definition) is 0. The van der Waals surface area contributed by atoms with Gasteiger partial charge in [-0.3, -0.25) is 14.6 Å². The zero-order chi connectivity index (χ0) is 22.7. The molecule has 4 rings (SSSR count). The topological polar surface area (TPSA) is 98.4 Å². The summed E-state index contributed by atoms with van der Waals surface area (Å²) in [6.45, 7) is 4.38. The van der Waals surface area contributed by atoms with E-state index in [1.165, 1.54) is 12.1 Å². The van der Waals surface area contributed by atoms with E-state index in [4.69, 9.17) is 9.26 Å². The summed E-state index contributed by atoms with van der Waals surface area (Å²) < 4.78 is 23.7. The van der Waals surface area contributed by atoms with Crippen LogP contribution in [0.5, 0.6) is 0 Å². The van der Waals surface area contributed by atoms with Crippen molar-refractivity contribution >= 4 is 11.9 Å². The molecule has 0 spiro atoms. The third kappa shape index (κ3) is 4.10. The number of aromatic nitrogens is 3. The smallest absolute Gasteiger partial charge is 0.318 e. The molecule has 1 saturated heterocycles. The Morgan fingerprint density at radius 2 is 1.88 bits per heavy atom. The minimum absolute atomic E-state index is 0.134. The summed E-state index contributed by atoms with van der Waals surface area (Å²) in [4.78, 5) is 35.9. The van der Waals surface area contributed by atoms with Crippen LogP contribution in [0.25, 0.3) is 11.4 Å². The first kappa shape index (κ1) is 21.6. The fourth-order valence-electron chi connectivity index (χ4n) is 3.95. The second-order valence-electron chi connectivity index (χ2n) is 7.67. The number of carbonyl (C=O) groups excluding carboxylic acids is 2. The molecular formula is C23H23FN4O4. The summed E-state index contributed by atoms with van der Waals surface area (Å²) in [7, 11) is 0. The minimum atomic E-state index is -0.999. The number of halogens is 1. The van der Waals surface area contributed by atoms with Crippen LogP contribution in [-0.4, -0.2) is 51.6 Å². The zero-order valence-corrected chi connectivity index (χ0v) is 17.9. The average molecular weight is 438 g/mol. The van der Waals surface area contributed by atoms with E-state index in [9.17, 15) is 14.0 Å². The highest BCUT2D eigenvalue weighted by Gasteiger charge is 2.46. The number of carbonyl (C=O) groups is 2. The van der Waals surface area contributed by atoms with Crippen LogP contribution >= 0.6 is 0 Å². The fourth-order valence-corrected chi connectivity index (χ4v) is 3.95. The van der Waals surface area contributed by atoms with Gasteiger partial charge in [0.25, 0.3) is 5.91 Å². The maximum absolute atomic E-state index is 13.4. The number of benzene rings is 1. The van der Waals surface area contributed by atoms with Crippen molar-refractivity contribution in [1.82, 2.24) is 20.0 Å². The van der Waals surface area contributed by atoms with E-state index in [0.717, 1.165) is 11.8 Å². The summed E-state index contributed by atoms with van der Waals surface area (Å²) in [5, 5.41) is 3.88. The first-order chi connectivity index (χ1) is 15.4. The van der Waals surface area contributed by atoms with Gasteiger partial charge in [0.15, 0.2) is 0 Å². The van der Waals surface area contributed by atoms with Gasteiger partial charge in [0.05, 0.1) is 18.5 Å². The van der Waals surface area contributed by atoms with Gasteiger partial charge in [0.1, 0.15) is 11.2 Å². The second-order valence-corrected chi connectivity index (χ2v) is 7.67. The number of amides is 1. The molecule has 1 fully saturated rings. The minimum Gasteiger partial charge on any atom is -0.465 e. The number of pyridine rings is 1. The van der Waals surface area contributed by atoms with Crippen molar-refractivity contribution in [1.29, 1.82) is 0 Å².